The Morgan fingerprint density at radius 3 is 2.84 bits per heavy atom. The minimum absolute atomic E-state index is 0.212. The van der Waals surface area contributed by atoms with Crippen molar-refractivity contribution < 1.29 is 19.0 Å². The van der Waals surface area contributed by atoms with Crippen LogP contribution in [0.5, 0.6) is 11.5 Å². The van der Waals surface area contributed by atoms with E-state index < -0.39 is 12.0 Å². The largest absolute Gasteiger partial charge is 0.494 e. The fourth-order valence-electron chi connectivity index (χ4n) is 3.80. The van der Waals surface area contributed by atoms with Crippen LogP contribution in [0.1, 0.15) is 38.8 Å². The van der Waals surface area contributed by atoms with Gasteiger partial charge in [0.25, 0.3) is 12.0 Å². The first-order valence-corrected chi connectivity index (χ1v) is 10.5. The van der Waals surface area contributed by atoms with Gasteiger partial charge in [0.1, 0.15) is 18.0 Å². The molecule has 9 nitrogen and oxygen atoms in total. The van der Waals surface area contributed by atoms with Gasteiger partial charge in [0.2, 0.25) is 5.91 Å². The number of methoxy groups -OCH3 is 2. The molecule has 0 saturated heterocycles. The van der Waals surface area contributed by atoms with Crippen LogP contribution in [0.25, 0.3) is 5.57 Å². The second-order valence-electron chi connectivity index (χ2n) is 8.74. The number of hydrogen-bond acceptors (Lipinski definition) is 7. The molecule has 2 aliphatic rings. The molecule has 1 amide bonds. The van der Waals surface area contributed by atoms with Crippen LogP contribution in [0.4, 0.5) is 11.4 Å². The summed E-state index contributed by atoms with van der Waals surface area (Å²) in [6.45, 7) is 4.24. The summed E-state index contributed by atoms with van der Waals surface area (Å²) in [5.74, 6) is 0.697. The molecule has 1 unspecified atom stereocenters. The van der Waals surface area contributed by atoms with Crippen LogP contribution in [0.15, 0.2) is 35.1 Å². The van der Waals surface area contributed by atoms with Gasteiger partial charge in [0.05, 0.1) is 12.8 Å². The van der Waals surface area contributed by atoms with Gasteiger partial charge in [0.15, 0.2) is 5.75 Å². The van der Waals surface area contributed by atoms with Gasteiger partial charge < -0.3 is 24.8 Å². The molecule has 32 heavy (non-hydrogen) atoms. The van der Waals surface area contributed by atoms with Crippen LogP contribution in [0, 0.1) is 5.41 Å². The fourth-order valence-corrected chi connectivity index (χ4v) is 3.80. The van der Waals surface area contributed by atoms with E-state index in [9.17, 15) is 9.59 Å². The number of ether oxygens (including phenoxy) is 3. The SMILES string of the molecule is COc1cc(=O)n(CC(=O)Nc2ccc3c(c2)NC(OC)O3)nc1C1=CCC(C)(C)CC1. The third-order valence-electron chi connectivity index (χ3n) is 5.74. The Morgan fingerprint density at radius 2 is 2.16 bits per heavy atom. The number of hydrogen-bond donors (Lipinski definition) is 2. The number of rotatable bonds is 6. The standard InChI is InChI=1S/C23H28N4O5/c1-23(2)9-7-14(8-10-23)21-18(30-3)12-20(29)27(26-21)13-19(28)24-15-5-6-17-16(11-15)25-22(31-4)32-17/h5-7,11-12,22,25H,8-10,13H2,1-4H3,(H,24,28). The van der Waals surface area contributed by atoms with Gasteiger partial charge in [-0.3, -0.25) is 9.59 Å². The van der Waals surface area contributed by atoms with E-state index in [1.165, 1.54) is 25.0 Å². The molecule has 4 rings (SSSR count). The molecule has 0 bridgehead atoms. The Balaban J connectivity index is 1.51. The molecule has 1 aromatic heterocycles. The summed E-state index contributed by atoms with van der Waals surface area (Å²) < 4.78 is 17.2. The molecule has 1 atom stereocenters. The van der Waals surface area contributed by atoms with E-state index in [2.05, 4.69) is 35.7 Å². The maximum Gasteiger partial charge on any atom is 0.281 e. The lowest BCUT2D eigenvalue weighted by Crippen LogP contribution is -2.30. The Kier molecular flexibility index (Phi) is 5.92. The Labute approximate surface area is 186 Å². The lowest BCUT2D eigenvalue weighted by molar-refractivity contribution is -0.117. The number of carbonyl (C=O) groups is 1. The molecule has 1 aromatic carbocycles. The number of carbonyl (C=O) groups excluding carboxylic acids is 1. The van der Waals surface area contributed by atoms with E-state index >= 15 is 0 Å². The van der Waals surface area contributed by atoms with Crippen LogP contribution in [-0.2, 0) is 16.1 Å². The van der Waals surface area contributed by atoms with Crippen molar-refractivity contribution in [1.29, 1.82) is 0 Å². The molecule has 2 heterocycles. The van der Waals surface area contributed by atoms with E-state index in [-0.39, 0.29) is 17.9 Å². The summed E-state index contributed by atoms with van der Waals surface area (Å²) >= 11 is 0. The third-order valence-corrected chi connectivity index (χ3v) is 5.74. The van der Waals surface area contributed by atoms with Gasteiger partial charge in [0, 0.05) is 18.9 Å². The maximum atomic E-state index is 12.6. The first kappa shape index (κ1) is 21.9. The maximum absolute atomic E-state index is 12.6. The molecule has 0 saturated carbocycles. The molecule has 0 fully saturated rings. The molecule has 170 valence electrons. The zero-order valence-electron chi connectivity index (χ0n) is 18.7. The van der Waals surface area contributed by atoms with Gasteiger partial charge in [-0.05, 0) is 48.4 Å². The normalized spacial score (nSPS) is 18.8. The summed E-state index contributed by atoms with van der Waals surface area (Å²) in [6, 6.07) is 6.60. The molecule has 2 N–H and O–H groups in total. The highest BCUT2D eigenvalue weighted by molar-refractivity contribution is 5.91. The number of benzene rings is 1. The van der Waals surface area contributed by atoms with Crippen LogP contribution in [-0.4, -0.2) is 36.3 Å². The minimum Gasteiger partial charge on any atom is -0.494 e. The summed E-state index contributed by atoms with van der Waals surface area (Å²) in [6.07, 6.45) is 4.37. The Hall–Kier alpha value is -3.33. The third kappa shape index (κ3) is 4.62. The van der Waals surface area contributed by atoms with Gasteiger partial charge in [-0.2, -0.15) is 5.10 Å². The lowest BCUT2D eigenvalue weighted by atomic mass is 9.78. The monoisotopic (exact) mass is 440 g/mol. The predicted octanol–water partition coefficient (Wildman–Crippen LogP) is 3.22. The number of nitrogens with zero attached hydrogens (tertiary/aromatic N) is 2. The van der Waals surface area contributed by atoms with E-state index in [0.717, 1.165) is 24.8 Å². The molecule has 0 spiro atoms. The Bertz CT molecular complexity index is 1120. The van der Waals surface area contributed by atoms with Gasteiger partial charge in [-0.1, -0.05) is 19.9 Å². The second-order valence-corrected chi connectivity index (χ2v) is 8.74. The zero-order valence-corrected chi connectivity index (χ0v) is 18.7. The van der Waals surface area contributed by atoms with Crippen molar-refractivity contribution in [1.82, 2.24) is 9.78 Å². The lowest BCUT2D eigenvalue weighted by Gasteiger charge is -2.28. The molecule has 1 aliphatic carbocycles. The first-order chi connectivity index (χ1) is 15.3. The van der Waals surface area contributed by atoms with Gasteiger partial charge in [-0.15, -0.1) is 0 Å². The number of anilines is 2. The van der Waals surface area contributed by atoms with Crippen molar-refractivity contribution in [3.05, 3.63) is 46.4 Å². The minimum atomic E-state index is -0.559. The summed E-state index contributed by atoms with van der Waals surface area (Å²) in [5, 5.41) is 10.3. The van der Waals surface area contributed by atoms with Crippen molar-refractivity contribution in [3.8, 4) is 11.5 Å². The quantitative estimate of drug-likeness (QED) is 0.711. The highest BCUT2D eigenvalue weighted by atomic mass is 16.7. The van der Waals surface area contributed by atoms with Crippen LogP contribution >= 0.6 is 0 Å². The van der Waals surface area contributed by atoms with Crippen molar-refractivity contribution in [2.24, 2.45) is 5.41 Å². The molecular weight excluding hydrogens is 412 g/mol. The zero-order chi connectivity index (χ0) is 22.9. The average Bonchev–Trinajstić information content (AvgIpc) is 3.17. The van der Waals surface area contributed by atoms with E-state index in [0.29, 0.717) is 28.6 Å². The van der Waals surface area contributed by atoms with E-state index in [4.69, 9.17) is 14.2 Å². The Morgan fingerprint density at radius 1 is 1.34 bits per heavy atom. The van der Waals surface area contributed by atoms with Crippen molar-refractivity contribution in [2.75, 3.05) is 24.9 Å². The topological polar surface area (TPSA) is 104 Å². The predicted molar refractivity (Wildman–Crippen MR) is 121 cm³/mol. The molecule has 2 aromatic rings. The molecule has 1 aliphatic heterocycles. The van der Waals surface area contributed by atoms with Crippen molar-refractivity contribution in [3.63, 3.8) is 0 Å². The summed E-state index contributed by atoms with van der Waals surface area (Å²) in [5.41, 5.74) is 2.77. The van der Waals surface area contributed by atoms with E-state index in [1.54, 1.807) is 18.2 Å². The highest BCUT2D eigenvalue weighted by Gasteiger charge is 2.25. The number of allylic oxidation sites excluding steroid dienone is 2. The number of fused-ring (bicyclic) bond motifs is 1. The molecule has 9 heteroatoms. The van der Waals surface area contributed by atoms with Crippen molar-refractivity contribution >= 4 is 22.9 Å². The number of amides is 1. The highest BCUT2D eigenvalue weighted by Crippen LogP contribution is 2.39. The fraction of sp³-hybridized carbons (Fsp3) is 0.435. The van der Waals surface area contributed by atoms with Crippen LogP contribution < -0.4 is 25.7 Å². The number of nitrogens with one attached hydrogen (secondary N) is 2. The second kappa shape index (κ2) is 8.66. The first-order valence-electron chi connectivity index (χ1n) is 10.5. The van der Waals surface area contributed by atoms with Crippen LogP contribution in [0.3, 0.4) is 0 Å². The number of aromatic nitrogens is 2. The molecule has 0 radical (unpaired) electrons. The smallest absolute Gasteiger partial charge is 0.281 e. The van der Waals surface area contributed by atoms with Gasteiger partial charge >= 0.3 is 0 Å². The summed E-state index contributed by atoms with van der Waals surface area (Å²) in [4.78, 5) is 25.2. The van der Waals surface area contributed by atoms with Gasteiger partial charge in [-0.25, -0.2) is 4.68 Å². The summed E-state index contributed by atoms with van der Waals surface area (Å²) in [7, 11) is 3.05. The average molecular weight is 441 g/mol. The van der Waals surface area contributed by atoms with Crippen molar-refractivity contribution in [2.45, 2.75) is 46.1 Å². The van der Waals surface area contributed by atoms with Crippen LogP contribution in [0.2, 0.25) is 0 Å². The van der Waals surface area contributed by atoms with E-state index in [1.807, 2.05) is 0 Å². The molecular formula is C23H28N4O5.